The zero-order chi connectivity index (χ0) is 14.1. The molecule has 2 bridgehead atoms. The van der Waals surface area contributed by atoms with E-state index in [1.807, 2.05) is 6.07 Å². The summed E-state index contributed by atoms with van der Waals surface area (Å²) >= 11 is 0. The summed E-state index contributed by atoms with van der Waals surface area (Å²) in [7, 11) is 1.37. The van der Waals surface area contributed by atoms with Crippen molar-refractivity contribution < 1.29 is 9.53 Å². The molecule has 3 aliphatic heterocycles. The Kier molecular flexibility index (Phi) is 3.53. The molecular formula is C15H21N3O2. The number of ether oxygens (including phenoxy) is 1. The normalized spacial score (nSPS) is 28.1. The molecule has 0 aromatic heterocycles. The summed E-state index contributed by atoms with van der Waals surface area (Å²) in [4.78, 5) is 14.0. The fourth-order valence-electron chi connectivity index (χ4n) is 3.27. The number of nitrogens with zero attached hydrogens (tertiary/aromatic N) is 1. The maximum absolute atomic E-state index is 11.5. The first kappa shape index (κ1) is 13.2. The average Bonchev–Trinajstić information content (AvgIpc) is 2.49. The number of carbonyl (C=O) groups excluding carboxylic acids is 1. The lowest BCUT2D eigenvalue weighted by atomic mass is 9.84. The monoisotopic (exact) mass is 275 g/mol. The lowest BCUT2D eigenvalue weighted by Crippen LogP contribution is -2.53. The second-order valence-corrected chi connectivity index (χ2v) is 5.68. The van der Waals surface area contributed by atoms with Crippen molar-refractivity contribution in [1.29, 1.82) is 0 Å². The van der Waals surface area contributed by atoms with E-state index in [1.165, 1.54) is 33.0 Å². The highest BCUT2D eigenvalue weighted by Gasteiger charge is 2.34. The third kappa shape index (κ3) is 2.45. The number of fused-ring (bicyclic) bond motifs is 3. The molecule has 0 radical (unpaired) electrons. The Balaban J connectivity index is 1.73. The number of methoxy groups -OCH3 is 1. The molecule has 3 N–H and O–H groups in total. The number of carbonyl (C=O) groups is 1. The van der Waals surface area contributed by atoms with Crippen molar-refractivity contribution in [2.75, 3.05) is 37.8 Å². The Hall–Kier alpha value is -1.75. The lowest BCUT2D eigenvalue weighted by molar-refractivity contribution is 0.0601. The van der Waals surface area contributed by atoms with Gasteiger partial charge in [-0.2, -0.15) is 0 Å². The number of nitrogens with two attached hydrogens (primary N) is 1. The third-order valence-electron chi connectivity index (χ3n) is 4.47. The summed E-state index contributed by atoms with van der Waals surface area (Å²) in [6.07, 6.45) is 2.52. The van der Waals surface area contributed by atoms with E-state index in [9.17, 15) is 4.79 Å². The fraction of sp³-hybridized carbons (Fsp3) is 0.533. The van der Waals surface area contributed by atoms with Crippen LogP contribution in [0.3, 0.4) is 0 Å². The first-order chi connectivity index (χ1) is 9.67. The predicted octanol–water partition coefficient (Wildman–Crippen LogP) is 1.56. The molecule has 5 nitrogen and oxygen atoms in total. The van der Waals surface area contributed by atoms with Crippen molar-refractivity contribution in [3.05, 3.63) is 23.8 Å². The second kappa shape index (κ2) is 5.32. The van der Waals surface area contributed by atoms with Crippen LogP contribution in [0.15, 0.2) is 18.2 Å². The van der Waals surface area contributed by atoms with Gasteiger partial charge in [-0.1, -0.05) is 0 Å². The van der Waals surface area contributed by atoms with E-state index >= 15 is 0 Å². The number of hydrogen-bond donors (Lipinski definition) is 2. The van der Waals surface area contributed by atoms with Crippen molar-refractivity contribution in [2.24, 2.45) is 5.92 Å². The van der Waals surface area contributed by atoms with Gasteiger partial charge in [0, 0.05) is 12.6 Å². The maximum atomic E-state index is 11.5. The van der Waals surface area contributed by atoms with Crippen LogP contribution in [0.25, 0.3) is 0 Å². The van der Waals surface area contributed by atoms with Crippen LogP contribution in [0.4, 0.5) is 11.4 Å². The Bertz CT molecular complexity index is 510. The molecule has 3 aliphatic rings. The summed E-state index contributed by atoms with van der Waals surface area (Å²) in [6, 6.07) is 5.77. The van der Waals surface area contributed by atoms with Gasteiger partial charge in [-0.3, -0.25) is 0 Å². The first-order valence-corrected chi connectivity index (χ1v) is 7.14. The molecule has 4 rings (SSSR count). The molecule has 1 aromatic carbocycles. The minimum atomic E-state index is -0.355. The van der Waals surface area contributed by atoms with Gasteiger partial charge in [0.05, 0.1) is 24.0 Å². The average molecular weight is 275 g/mol. The number of piperidine rings is 3. The molecule has 20 heavy (non-hydrogen) atoms. The number of nitrogens with one attached hydrogen (secondary N) is 1. The molecule has 3 saturated heterocycles. The molecule has 0 spiro atoms. The van der Waals surface area contributed by atoms with Crippen LogP contribution in [0.2, 0.25) is 0 Å². The van der Waals surface area contributed by atoms with E-state index in [4.69, 9.17) is 10.5 Å². The fourth-order valence-corrected chi connectivity index (χ4v) is 3.27. The third-order valence-corrected chi connectivity index (χ3v) is 4.47. The highest BCUT2D eigenvalue weighted by atomic mass is 16.5. The summed E-state index contributed by atoms with van der Waals surface area (Å²) in [5.74, 6) is 0.380. The van der Waals surface area contributed by atoms with E-state index in [0.29, 0.717) is 17.3 Å². The highest BCUT2D eigenvalue weighted by Crippen LogP contribution is 2.31. The molecule has 5 heteroatoms. The van der Waals surface area contributed by atoms with E-state index < -0.39 is 0 Å². The van der Waals surface area contributed by atoms with Gasteiger partial charge >= 0.3 is 5.97 Å². The number of hydrogen-bond acceptors (Lipinski definition) is 5. The van der Waals surface area contributed by atoms with Gasteiger partial charge in [-0.05, 0) is 50.0 Å². The number of esters is 1. The number of rotatable bonds is 3. The van der Waals surface area contributed by atoms with E-state index in [2.05, 4.69) is 10.2 Å². The summed E-state index contributed by atoms with van der Waals surface area (Å²) in [6.45, 7) is 3.53. The van der Waals surface area contributed by atoms with Gasteiger partial charge in [0.2, 0.25) is 0 Å². The minimum absolute atomic E-state index is 0.355. The van der Waals surface area contributed by atoms with Crippen molar-refractivity contribution in [3.8, 4) is 0 Å². The molecule has 3 fully saturated rings. The van der Waals surface area contributed by atoms with E-state index in [1.54, 1.807) is 12.1 Å². The van der Waals surface area contributed by atoms with Crippen LogP contribution in [0.5, 0.6) is 0 Å². The van der Waals surface area contributed by atoms with Crippen molar-refractivity contribution >= 4 is 17.3 Å². The molecule has 3 heterocycles. The van der Waals surface area contributed by atoms with Gasteiger partial charge in [-0.15, -0.1) is 0 Å². The minimum Gasteiger partial charge on any atom is -0.465 e. The van der Waals surface area contributed by atoms with Crippen molar-refractivity contribution in [3.63, 3.8) is 0 Å². The van der Waals surface area contributed by atoms with Crippen LogP contribution in [0, 0.1) is 5.92 Å². The Morgan fingerprint density at radius 2 is 2.15 bits per heavy atom. The molecule has 0 aliphatic carbocycles. The molecule has 108 valence electrons. The van der Waals surface area contributed by atoms with Crippen molar-refractivity contribution in [2.45, 2.75) is 18.9 Å². The van der Waals surface area contributed by atoms with Gasteiger partial charge in [0.1, 0.15) is 0 Å². The smallest absolute Gasteiger partial charge is 0.337 e. The van der Waals surface area contributed by atoms with Gasteiger partial charge in [-0.25, -0.2) is 4.79 Å². The Morgan fingerprint density at radius 3 is 2.70 bits per heavy atom. The van der Waals surface area contributed by atoms with Gasteiger partial charge in [0.25, 0.3) is 0 Å². The SMILES string of the molecule is COC(=O)c1ccc(NC2CN3CCC2CC3)c(N)c1. The maximum Gasteiger partial charge on any atom is 0.337 e. The Morgan fingerprint density at radius 1 is 1.40 bits per heavy atom. The summed E-state index contributed by atoms with van der Waals surface area (Å²) in [5, 5.41) is 3.55. The van der Waals surface area contributed by atoms with Crippen molar-refractivity contribution in [1.82, 2.24) is 4.90 Å². The Labute approximate surface area is 119 Å². The molecule has 1 aromatic rings. The zero-order valence-corrected chi connectivity index (χ0v) is 11.8. The molecule has 1 atom stereocenters. The van der Waals surface area contributed by atoms with Crippen LogP contribution in [0.1, 0.15) is 23.2 Å². The lowest BCUT2D eigenvalue weighted by Gasteiger charge is -2.45. The van der Waals surface area contributed by atoms with Crippen LogP contribution < -0.4 is 11.1 Å². The van der Waals surface area contributed by atoms with Crippen LogP contribution in [-0.2, 0) is 4.74 Å². The molecule has 1 unspecified atom stereocenters. The summed E-state index contributed by atoms with van der Waals surface area (Å²) in [5.41, 5.74) is 8.05. The summed E-state index contributed by atoms with van der Waals surface area (Å²) < 4.78 is 4.70. The number of anilines is 2. The van der Waals surface area contributed by atoms with Crippen LogP contribution in [-0.4, -0.2) is 43.7 Å². The zero-order valence-electron chi connectivity index (χ0n) is 11.8. The van der Waals surface area contributed by atoms with Gasteiger partial charge < -0.3 is 20.7 Å². The van der Waals surface area contributed by atoms with E-state index in [0.717, 1.165) is 18.2 Å². The quantitative estimate of drug-likeness (QED) is 0.647. The predicted molar refractivity (Wildman–Crippen MR) is 78.8 cm³/mol. The molecule has 0 saturated carbocycles. The van der Waals surface area contributed by atoms with Crippen LogP contribution >= 0.6 is 0 Å². The highest BCUT2D eigenvalue weighted by molar-refractivity contribution is 5.91. The van der Waals surface area contributed by atoms with Gasteiger partial charge in [0.15, 0.2) is 0 Å². The van der Waals surface area contributed by atoms with E-state index in [-0.39, 0.29) is 5.97 Å². The number of benzene rings is 1. The standard InChI is InChI=1S/C15H21N3O2/c1-20-15(19)11-2-3-13(12(16)8-11)17-14-9-18-6-4-10(14)5-7-18/h2-3,8,10,14,17H,4-7,9,16H2,1H3. The second-order valence-electron chi connectivity index (χ2n) is 5.68. The number of nitrogen functional groups attached to an aromatic ring is 1. The topological polar surface area (TPSA) is 67.6 Å². The molecule has 0 amide bonds. The first-order valence-electron chi connectivity index (χ1n) is 7.14. The largest absolute Gasteiger partial charge is 0.465 e. The molecular weight excluding hydrogens is 254 g/mol.